The molecular weight excluding hydrogens is 140 g/mol. The number of rotatable bonds is 2. The van der Waals surface area contributed by atoms with E-state index in [2.05, 4.69) is 15.3 Å². The summed E-state index contributed by atoms with van der Waals surface area (Å²) in [5.41, 5.74) is 0. The van der Waals surface area contributed by atoms with E-state index >= 15 is 0 Å². The Labute approximate surface area is 64.9 Å². The van der Waals surface area contributed by atoms with Crippen molar-refractivity contribution >= 4 is 5.95 Å². The molecule has 1 aromatic rings. The Morgan fingerprint density at radius 3 is 2.73 bits per heavy atom. The Morgan fingerprint density at radius 2 is 2.18 bits per heavy atom. The third kappa shape index (κ3) is 2.22. The maximum absolute atomic E-state index is 8.43. The Morgan fingerprint density at radius 1 is 1.55 bits per heavy atom. The zero-order valence-corrected chi connectivity index (χ0v) is 6.15. The standard InChI is InChI=1S/C7H8N4/c1-6(5-8)11-7-9-3-2-4-10-7/h2-4,6H,1H3,(H,9,10,11). The molecule has 1 aromatic heterocycles. The van der Waals surface area contributed by atoms with Crippen LogP contribution in [0.15, 0.2) is 18.5 Å². The molecule has 0 fully saturated rings. The maximum Gasteiger partial charge on any atom is 0.223 e. The topological polar surface area (TPSA) is 61.6 Å². The summed E-state index contributed by atoms with van der Waals surface area (Å²) >= 11 is 0. The number of hydrogen-bond donors (Lipinski definition) is 1. The first-order chi connectivity index (χ1) is 5.33. The van der Waals surface area contributed by atoms with Crippen LogP contribution in [0.25, 0.3) is 0 Å². The second kappa shape index (κ2) is 3.52. The third-order valence-corrected chi connectivity index (χ3v) is 1.11. The zero-order chi connectivity index (χ0) is 8.10. The van der Waals surface area contributed by atoms with Gasteiger partial charge in [0, 0.05) is 12.4 Å². The molecule has 1 N–H and O–H groups in total. The van der Waals surface area contributed by atoms with Crippen molar-refractivity contribution in [2.45, 2.75) is 13.0 Å². The van der Waals surface area contributed by atoms with Crippen LogP contribution in [0.3, 0.4) is 0 Å². The average molecular weight is 148 g/mol. The summed E-state index contributed by atoms with van der Waals surface area (Å²) in [5.74, 6) is 0.488. The van der Waals surface area contributed by atoms with Crippen molar-refractivity contribution in [2.24, 2.45) is 0 Å². The molecule has 0 spiro atoms. The zero-order valence-electron chi connectivity index (χ0n) is 6.15. The van der Waals surface area contributed by atoms with Crippen LogP contribution < -0.4 is 5.32 Å². The van der Waals surface area contributed by atoms with Crippen molar-refractivity contribution < 1.29 is 0 Å². The molecule has 1 heterocycles. The molecule has 0 bridgehead atoms. The highest BCUT2D eigenvalue weighted by Crippen LogP contribution is 1.95. The molecule has 0 saturated heterocycles. The fraction of sp³-hybridized carbons (Fsp3) is 0.286. The Balaban J connectivity index is 2.60. The van der Waals surface area contributed by atoms with Crippen LogP contribution in [0.5, 0.6) is 0 Å². The third-order valence-electron chi connectivity index (χ3n) is 1.11. The van der Waals surface area contributed by atoms with Crippen molar-refractivity contribution in [1.29, 1.82) is 5.26 Å². The fourth-order valence-corrected chi connectivity index (χ4v) is 0.600. The summed E-state index contributed by atoms with van der Waals surface area (Å²) in [4.78, 5) is 7.79. The first-order valence-electron chi connectivity index (χ1n) is 3.26. The number of anilines is 1. The lowest BCUT2D eigenvalue weighted by Crippen LogP contribution is -2.13. The van der Waals surface area contributed by atoms with Crippen molar-refractivity contribution in [3.63, 3.8) is 0 Å². The largest absolute Gasteiger partial charge is 0.339 e. The van der Waals surface area contributed by atoms with Gasteiger partial charge >= 0.3 is 0 Å². The molecule has 0 aliphatic heterocycles. The molecule has 0 amide bonds. The number of hydrogen-bond acceptors (Lipinski definition) is 4. The van der Waals surface area contributed by atoms with E-state index in [9.17, 15) is 0 Å². The van der Waals surface area contributed by atoms with Gasteiger partial charge in [0.1, 0.15) is 6.04 Å². The number of nitrogens with zero attached hydrogens (tertiary/aromatic N) is 3. The first kappa shape index (κ1) is 7.48. The first-order valence-corrected chi connectivity index (χ1v) is 3.26. The molecule has 1 unspecified atom stereocenters. The van der Waals surface area contributed by atoms with Crippen LogP contribution in [-0.4, -0.2) is 16.0 Å². The van der Waals surface area contributed by atoms with E-state index in [-0.39, 0.29) is 6.04 Å². The average Bonchev–Trinajstić information content (AvgIpc) is 2.06. The quantitative estimate of drug-likeness (QED) is 0.673. The van der Waals surface area contributed by atoms with E-state index in [1.54, 1.807) is 25.4 Å². The van der Waals surface area contributed by atoms with Crippen molar-refractivity contribution in [3.05, 3.63) is 18.5 Å². The van der Waals surface area contributed by atoms with Crippen LogP contribution in [0.2, 0.25) is 0 Å². The number of nitriles is 1. The molecule has 1 atom stereocenters. The lowest BCUT2D eigenvalue weighted by molar-refractivity contribution is 0.966. The van der Waals surface area contributed by atoms with Gasteiger partial charge < -0.3 is 5.32 Å². The Bertz CT molecular complexity index is 251. The van der Waals surface area contributed by atoms with E-state index < -0.39 is 0 Å². The summed E-state index contributed by atoms with van der Waals surface area (Å²) in [6, 6.07) is 3.49. The molecule has 4 heteroatoms. The minimum absolute atomic E-state index is 0.252. The molecule has 0 aliphatic carbocycles. The van der Waals surface area contributed by atoms with Crippen molar-refractivity contribution in [2.75, 3.05) is 5.32 Å². The summed E-state index contributed by atoms with van der Waals surface area (Å²) in [5, 5.41) is 11.2. The minimum Gasteiger partial charge on any atom is -0.339 e. The van der Waals surface area contributed by atoms with E-state index in [1.165, 1.54) is 0 Å². The van der Waals surface area contributed by atoms with Crippen molar-refractivity contribution in [3.8, 4) is 6.07 Å². The SMILES string of the molecule is CC(C#N)Nc1ncccn1. The molecule has 4 nitrogen and oxygen atoms in total. The van der Waals surface area contributed by atoms with Gasteiger partial charge in [-0.15, -0.1) is 0 Å². The second-order valence-corrected chi connectivity index (χ2v) is 2.07. The Hall–Kier alpha value is -1.63. The second-order valence-electron chi connectivity index (χ2n) is 2.07. The smallest absolute Gasteiger partial charge is 0.223 e. The van der Waals surface area contributed by atoms with Gasteiger partial charge in [0.15, 0.2) is 0 Å². The molecule has 1 rings (SSSR count). The highest BCUT2D eigenvalue weighted by atomic mass is 15.1. The predicted molar refractivity (Wildman–Crippen MR) is 40.7 cm³/mol. The maximum atomic E-state index is 8.43. The van der Waals surface area contributed by atoms with Gasteiger partial charge in [-0.2, -0.15) is 5.26 Å². The Kier molecular flexibility index (Phi) is 2.39. The number of aromatic nitrogens is 2. The summed E-state index contributed by atoms with van der Waals surface area (Å²) in [6.07, 6.45) is 3.25. The van der Waals surface area contributed by atoms with E-state index in [4.69, 9.17) is 5.26 Å². The van der Waals surface area contributed by atoms with E-state index in [0.29, 0.717) is 5.95 Å². The highest BCUT2D eigenvalue weighted by molar-refractivity contribution is 5.26. The lowest BCUT2D eigenvalue weighted by atomic mass is 10.4. The van der Waals surface area contributed by atoms with Gasteiger partial charge in [-0.1, -0.05) is 0 Å². The minimum atomic E-state index is -0.252. The monoisotopic (exact) mass is 148 g/mol. The molecule has 0 aliphatic rings. The van der Waals surface area contributed by atoms with Crippen molar-refractivity contribution in [1.82, 2.24) is 9.97 Å². The summed E-state index contributed by atoms with van der Waals surface area (Å²) in [6.45, 7) is 1.75. The van der Waals surface area contributed by atoms with Crippen LogP contribution in [-0.2, 0) is 0 Å². The predicted octanol–water partition coefficient (Wildman–Crippen LogP) is 0.801. The van der Waals surface area contributed by atoms with Crippen LogP contribution in [0.1, 0.15) is 6.92 Å². The molecule has 0 radical (unpaired) electrons. The van der Waals surface area contributed by atoms with E-state index in [0.717, 1.165) is 0 Å². The van der Waals surface area contributed by atoms with Crippen LogP contribution in [0.4, 0.5) is 5.95 Å². The van der Waals surface area contributed by atoms with Crippen LogP contribution >= 0.6 is 0 Å². The van der Waals surface area contributed by atoms with Gasteiger partial charge in [-0.25, -0.2) is 9.97 Å². The molecule has 11 heavy (non-hydrogen) atoms. The van der Waals surface area contributed by atoms with Gasteiger partial charge in [-0.3, -0.25) is 0 Å². The van der Waals surface area contributed by atoms with Gasteiger partial charge in [0.05, 0.1) is 6.07 Å². The summed E-state index contributed by atoms with van der Waals surface area (Å²) in [7, 11) is 0. The summed E-state index contributed by atoms with van der Waals surface area (Å²) < 4.78 is 0. The molecule has 0 aromatic carbocycles. The van der Waals surface area contributed by atoms with Gasteiger partial charge in [0.25, 0.3) is 0 Å². The van der Waals surface area contributed by atoms with Gasteiger partial charge in [0.2, 0.25) is 5.95 Å². The number of nitrogens with one attached hydrogen (secondary N) is 1. The van der Waals surface area contributed by atoms with Gasteiger partial charge in [-0.05, 0) is 13.0 Å². The molecular formula is C7H8N4. The normalized spacial score (nSPS) is 11.6. The lowest BCUT2D eigenvalue weighted by Gasteiger charge is -2.03. The molecule has 56 valence electrons. The fourth-order valence-electron chi connectivity index (χ4n) is 0.600. The van der Waals surface area contributed by atoms with E-state index in [1.807, 2.05) is 6.07 Å². The van der Waals surface area contributed by atoms with Crippen LogP contribution in [0, 0.1) is 11.3 Å². The molecule has 0 saturated carbocycles. The highest BCUT2D eigenvalue weighted by Gasteiger charge is 1.98.